The maximum Gasteiger partial charge on any atom is 0.326 e. The predicted octanol–water partition coefficient (Wildman–Crippen LogP) is -0.970. The molecule has 0 aliphatic rings. The number of carbonyl (C=O) groups is 4. The van der Waals surface area contributed by atoms with Gasteiger partial charge in [-0.15, -0.1) is 0 Å². The Morgan fingerprint density at radius 1 is 0.854 bits per heavy atom. The number of aliphatic imine (C=N–C) groups is 1. The Labute approximate surface area is 240 Å². The molecule has 4 unspecified atom stereocenters. The van der Waals surface area contributed by atoms with E-state index in [0.717, 1.165) is 0 Å². The average Bonchev–Trinajstić information content (AvgIpc) is 2.90. The predicted molar refractivity (Wildman–Crippen MR) is 155 cm³/mol. The molecule has 0 fully saturated rings. The Balaban J connectivity index is 3.05. The van der Waals surface area contributed by atoms with E-state index in [2.05, 4.69) is 20.9 Å². The second-order valence-corrected chi connectivity index (χ2v) is 10.4. The fourth-order valence-corrected chi connectivity index (χ4v) is 4.03. The van der Waals surface area contributed by atoms with Gasteiger partial charge in [-0.3, -0.25) is 19.4 Å². The zero-order chi connectivity index (χ0) is 30.9. The topological polar surface area (TPSA) is 261 Å². The van der Waals surface area contributed by atoms with Crippen LogP contribution in [0.4, 0.5) is 0 Å². The van der Waals surface area contributed by atoms with Crippen molar-refractivity contribution in [3.05, 3.63) is 29.8 Å². The molecule has 13 N–H and O–H groups in total. The number of phenolic OH excluding ortho intramolecular Hbond substituents is 1. The second kappa shape index (κ2) is 18.4. The van der Waals surface area contributed by atoms with Gasteiger partial charge in [0, 0.05) is 6.54 Å². The fraction of sp³-hybridized carbons (Fsp3) is 0.593. The van der Waals surface area contributed by atoms with Gasteiger partial charge in [-0.25, -0.2) is 4.79 Å². The molecule has 14 nitrogen and oxygen atoms in total. The normalized spacial score (nSPS) is 13.9. The van der Waals surface area contributed by atoms with Gasteiger partial charge in [0.25, 0.3) is 0 Å². The number of rotatable bonds is 19. The third-order valence-corrected chi connectivity index (χ3v) is 6.21. The van der Waals surface area contributed by atoms with E-state index < -0.39 is 47.9 Å². The zero-order valence-corrected chi connectivity index (χ0v) is 23.8. The van der Waals surface area contributed by atoms with Gasteiger partial charge in [-0.05, 0) is 75.1 Å². The largest absolute Gasteiger partial charge is 0.508 e. The third kappa shape index (κ3) is 14.3. The molecule has 0 radical (unpaired) electrons. The van der Waals surface area contributed by atoms with Crippen molar-refractivity contribution < 1.29 is 29.4 Å². The first-order valence-corrected chi connectivity index (χ1v) is 13.8. The highest BCUT2D eigenvalue weighted by Crippen LogP contribution is 2.12. The molecule has 0 heterocycles. The molecule has 0 aliphatic heterocycles. The van der Waals surface area contributed by atoms with Crippen LogP contribution in [0.15, 0.2) is 29.3 Å². The molecule has 0 aliphatic carbocycles. The molecule has 1 rings (SSSR count). The lowest BCUT2D eigenvalue weighted by Crippen LogP contribution is -2.57. The molecule has 1 aromatic rings. The van der Waals surface area contributed by atoms with Gasteiger partial charge < -0.3 is 49.1 Å². The molecule has 0 saturated heterocycles. The summed E-state index contributed by atoms with van der Waals surface area (Å²) in [6.45, 7) is 4.27. The minimum atomic E-state index is -1.17. The first-order valence-electron chi connectivity index (χ1n) is 13.8. The SMILES string of the molecule is CC(C)CC(NC(=O)C(CCCCN)NC(=O)C(CCCN=C(N)N)NC(=O)C(N)Cc1ccc(O)cc1)C(=O)O. The van der Waals surface area contributed by atoms with Crippen molar-refractivity contribution in [1.29, 1.82) is 0 Å². The van der Waals surface area contributed by atoms with Crippen molar-refractivity contribution >= 4 is 29.7 Å². The van der Waals surface area contributed by atoms with Gasteiger partial charge in [0.2, 0.25) is 17.7 Å². The number of nitrogens with two attached hydrogens (primary N) is 4. The fourth-order valence-electron chi connectivity index (χ4n) is 4.03. The molecule has 230 valence electrons. The van der Waals surface area contributed by atoms with E-state index in [1.807, 2.05) is 13.8 Å². The highest BCUT2D eigenvalue weighted by Gasteiger charge is 2.30. The Kier molecular flexibility index (Phi) is 15.8. The summed E-state index contributed by atoms with van der Waals surface area (Å²) >= 11 is 0. The molecule has 4 atom stereocenters. The lowest BCUT2D eigenvalue weighted by molar-refractivity contribution is -0.142. The highest BCUT2D eigenvalue weighted by atomic mass is 16.4. The van der Waals surface area contributed by atoms with Gasteiger partial charge in [-0.2, -0.15) is 0 Å². The van der Waals surface area contributed by atoms with Crippen molar-refractivity contribution in [2.24, 2.45) is 33.8 Å². The number of guanidine groups is 1. The summed E-state index contributed by atoms with van der Waals surface area (Å²) in [7, 11) is 0. The van der Waals surface area contributed by atoms with Crippen molar-refractivity contribution in [1.82, 2.24) is 16.0 Å². The summed E-state index contributed by atoms with van der Waals surface area (Å²) in [5.41, 5.74) is 23.1. The van der Waals surface area contributed by atoms with Gasteiger partial charge >= 0.3 is 5.97 Å². The van der Waals surface area contributed by atoms with Crippen LogP contribution in [0.3, 0.4) is 0 Å². The molecule has 41 heavy (non-hydrogen) atoms. The van der Waals surface area contributed by atoms with E-state index in [0.29, 0.717) is 31.4 Å². The van der Waals surface area contributed by atoms with E-state index >= 15 is 0 Å². The Morgan fingerprint density at radius 2 is 1.39 bits per heavy atom. The van der Waals surface area contributed by atoms with Gasteiger partial charge in [0.15, 0.2) is 5.96 Å². The maximum atomic E-state index is 13.4. The Bertz CT molecular complexity index is 1010. The van der Waals surface area contributed by atoms with Crippen LogP contribution >= 0.6 is 0 Å². The van der Waals surface area contributed by atoms with Crippen LogP contribution in [0.25, 0.3) is 0 Å². The molecule has 3 amide bonds. The number of phenols is 1. The number of carboxylic acids is 1. The lowest BCUT2D eigenvalue weighted by atomic mass is 10.0. The number of unbranched alkanes of at least 4 members (excludes halogenated alkanes) is 1. The monoisotopic (exact) mass is 578 g/mol. The number of amides is 3. The molecule has 0 aromatic heterocycles. The summed E-state index contributed by atoms with van der Waals surface area (Å²) in [5.74, 6) is -3.07. The maximum absolute atomic E-state index is 13.4. The number of hydrogen-bond donors (Lipinski definition) is 9. The number of nitrogens with one attached hydrogen (secondary N) is 3. The quantitative estimate of drug-likeness (QED) is 0.0551. The number of nitrogens with zero attached hydrogens (tertiary/aromatic N) is 1. The van der Waals surface area contributed by atoms with E-state index in [1.165, 1.54) is 12.1 Å². The summed E-state index contributed by atoms with van der Waals surface area (Å²) in [5, 5.41) is 26.9. The minimum absolute atomic E-state index is 0.0114. The number of hydrogen-bond acceptors (Lipinski definition) is 8. The summed E-state index contributed by atoms with van der Waals surface area (Å²) in [4.78, 5) is 55.0. The van der Waals surface area contributed by atoms with Gasteiger partial charge in [-0.1, -0.05) is 26.0 Å². The van der Waals surface area contributed by atoms with Crippen molar-refractivity contribution in [2.75, 3.05) is 13.1 Å². The zero-order valence-electron chi connectivity index (χ0n) is 23.8. The van der Waals surface area contributed by atoms with Gasteiger partial charge in [0.05, 0.1) is 6.04 Å². The number of carbonyl (C=O) groups excluding carboxylic acids is 3. The van der Waals surface area contributed by atoms with Crippen LogP contribution in [0, 0.1) is 5.92 Å². The van der Waals surface area contributed by atoms with Crippen LogP contribution in [-0.4, -0.2) is 77.1 Å². The highest BCUT2D eigenvalue weighted by molar-refractivity contribution is 5.94. The summed E-state index contributed by atoms with van der Waals surface area (Å²) in [6.07, 6.45) is 2.18. The van der Waals surface area contributed by atoms with Crippen LogP contribution < -0.4 is 38.9 Å². The van der Waals surface area contributed by atoms with E-state index in [-0.39, 0.29) is 49.9 Å². The Morgan fingerprint density at radius 3 is 1.90 bits per heavy atom. The molecule has 14 heteroatoms. The van der Waals surface area contributed by atoms with Crippen LogP contribution in [0.5, 0.6) is 5.75 Å². The molecular formula is C27H46N8O6. The van der Waals surface area contributed by atoms with Crippen molar-refractivity contribution in [3.8, 4) is 5.75 Å². The molecule has 1 aromatic carbocycles. The number of benzene rings is 1. The average molecular weight is 579 g/mol. The first-order chi connectivity index (χ1) is 19.3. The van der Waals surface area contributed by atoms with E-state index in [9.17, 15) is 29.4 Å². The van der Waals surface area contributed by atoms with Crippen LogP contribution in [-0.2, 0) is 25.6 Å². The molecule has 0 bridgehead atoms. The smallest absolute Gasteiger partial charge is 0.326 e. The van der Waals surface area contributed by atoms with E-state index in [1.54, 1.807) is 12.1 Å². The van der Waals surface area contributed by atoms with Gasteiger partial charge in [0.1, 0.15) is 23.9 Å². The molecule has 0 saturated carbocycles. The number of aliphatic carboxylic acids is 1. The second-order valence-electron chi connectivity index (χ2n) is 10.4. The Hall–Kier alpha value is -3.91. The summed E-state index contributed by atoms with van der Waals surface area (Å²) < 4.78 is 0. The first kappa shape index (κ1) is 35.1. The van der Waals surface area contributed by atoms with Crippen molar-refractivity contribution in [3.63, 3.8) is 0 Å². The summed E-state index contributed by atoms with van der Waals surface area (Å²) in [6, 6.07) is 1.99. The minimum Gasteiger partial charge on any atom is -0.508 e. The molecular weight excluding hydrogens is 532 g/mol. The van der Waals surface area contributed by atoms with Crippen LogP contribution in [0.2, 0.25) is 0 Å². The van der Waals surface area contributed by atoms with Crippen LogP contribution in [0.1, 0.15) is 57.9 Å². The van der Waals surface area contributed by atoms with E-state index in [4.69, 9.17) is 22.9 Å². The standard InChI is InChI=1S/C27H46N8O6/c1-16(2)14-22(26(40)41)35-25(39)20(6-3-4-12-28)34-24(38)21(7-5-13-32-27(30)31)33-23(37)19(29)15-17-8-10-18(36)11-9-17/h8-11,16,19-22,36H,3-7,12-15,28-29H2,1-2H3,(H,33,37)(H,34,38)(H,35,39)(H,40,41)(H4,30,31,32). The van der Waals surface area contributed by atoms with Crippen molar-refractivity contribution in [2.45, 2.75) is 83.0 Å². The third-order valence-electron chi connectivity index (χ3n) is 6.21. The molecule has 0 spiro atoms. The number of carboxylic acid groups (broad SMARTS) is 1. The lowest BCUT2D eigenvalue weighted by Gasteiger charge is -2.25. The number of aromatic hydroxyl groups is 1.